The smallest absolute Gasteiger partial charge is 0.328 e. The molecule has 0 spiro atoms. The zero-order valence-corrected chi connectivity index (χ0v) is 11.4. The standard InChI is InChI=1S/C10H14BrN3O3/c1-6(2)13(3)8(15)5-14-4-7(11)9(16)12-10(14)17/h4,6H,5H2,1-3H3,(H,12,16,17). The second-order valence-corrected chi connectivity index (χ2v) is 4.82. The number of amides is 1. The number of hydrogen-bond donors (Lipinski definition) is 1. The van der Waals surface area contributed by atoms with Crippen molar-refractivity contribution in [1.29, 1.82) is 0 Å². The van der Waals surface area contributed by atoms with Crippen LogP contribution in [0.15, 0.2) is 20.3 Å². The molecule has 1 aromatic heterocycles. The lowest BCUT2D eigenvalue weighted by Gasteiger charge is -2.21. The molecule has 1 N–H and O–H groups in total. The van der Waals surface area contributed by atoms with E-state index in [1.165, 1.54) is 11.1 Å². The van der Waals surface area contributed by atoms with Gasteiger partial charge in [0.05, 0.1) is 4.47 Å². The lowest BCUT2D eigenvalue weighted by Crippen LogP contribution is -2.39. The molecule has 17 heavy (non-hydrogen) atoms. The summed E-state index contributed by atoms with van der Waals surface area (Å²) in [6, 6.07) is 0.0596. The van der Waals surface area contributed by atoms with Crippen molar-refractivity contribution in [3.05, 3.63) is 31.5 Å². The number of H-pyrrole nitrogens is 1. The van der Waals surface area contributed by atoms with Gasteiger partial charge < -0.3 is 4.90 Å². The summed E-state index contributed by atoms with van der Waals surface area (Å²) in [5.41, 5.74) is -1.10. The number of hydrogen-bond acceptors (Lipinski definition) is 3. The molecule has 0 aliphatic carbocycles. The average Bonchev–Trinajstić information content (AvgIpc) is 2.24. The fraction of sp³-hybridized carbons (Fsp3) is 0.500. The maximum absolute atomic E-state index is 11.8. The normalized spacial score (nSPS) is 10.6. The Morgan fingerprint density at radius 2 is 2.12 bits per heavy atom. The van der Waals surface area contributed by atoms with E-state index < -0.39 is 11.2 Å². The van der Waals surface area contributed by atoms with Crippen LogP contribution in [0.25, 0.3) is 0 Å². The molecule has 0 fully saturated rings. The van der Waals surface area contributed by atoms with Gasteiger partial charge in [0.2, 0.25) is 5.91 Å². The minimum atomic E-state index is -0.594. The van der Waals surface area contributed by atoms with E-state index in [0.29, 0.717) is 0 Å². The predicted octanol–water partition coefficient (Wildman–Crippen LogP) is 0.166. The molecule has 0 aliphatic heterocycles. The van der Waals surface area contributed by atoms with E-state index in [2.05, 4.69) is 20.9 Å². The van der Waals surface area contributed by atoms with Crippen LogP contribution in [0.2, 0.25) is 0 Å². The molecule has 0 aliphatic rings. The van der Waals surface area contributed by atoms with Crippen molar-refractivity contribution in [1.82, 2.24) is 14.5 Å². The molecular weight excluding hydrogens is 290 g/mol. The van der Waals surface area contributed by atoms with Gasteiger partial charge in [0.25, 0.3) is 5.56 Å². The maximum atomic E-state index is 11.8. The zero-order valence-electron chi connectivity index (χ0n) is 9.86. The van der Waals surface area contributed by atoms with Crippen LogP contribution in [0.5, 0.6) is 0 Å². The lowest BCUT2D eigenvalue weighted by atomic mass is 10.3. The van der Waals surface area contributed by atoms with Crippen molar-refractivity contribution in [2.45, 2.75) is 26.4 Å². The Labute approximate surface area is 106 Å². The fourth-order valence-corrected chi connectivity index (χ4v) is 1.49. The number of nitrogens with zero attached hydrogens (tertiary/aromatic N) is 2. The van der Waals surface area contributed by atoms with Gasteiger partial charge in [-0.25, -0.2) is 4.79 Å². The highest BCUT2D eigenvalue weighted by atomic mass is 79.9. The first-order valence-electron chi connectivity index (χ1n) is 5.08. The number of carbonyl (C=O) groups excluding carboxylic acids is 1. The van der Waals surface area contributed by atoms with Crippen LogP contribution in [-0.4, -0.2) is 33.4 Å². The maximum Gasteiger partial charge on any atom is 0.328 e. The first-order chi connectivity index (χ1) is 7.82. The van der Waals surface area contributed by atoms with Gasteiger partial charge in [-0.05, 0) is 29.8 Å². The van der Waals surface area contributed by atoms with E-state index in [1.807, 2.05) is 13.8 Å². The number of likely N-dealkylation sites (N-methyl/N-ethyl adjacent to an activating group) is 1. The molecule has 1 heterocycles. The lowest BCUT2D eigenvalue weighted by molar-refractivity contribution is -0.132. The third kappa shape index (κ3) is 3.29. The Kier molecular flexibility index (Phi) is 4.28. The van der Waals surface area contributed by atoms with Crippen LogP contribution < -0.4 is 11.2 Å². The highest BCUT2D eigenvalue weighted by Gasteiger charge is 2.13. The molecular formula is C10H14BrN3O3. The molecule has 1 rings (SSSR count). The zero-order chi connectivity index (χ0) is 13.2. The molecule has 0 atom stereocenters. The molecule has 1 amide bonds. The number of aromatic amines is 1. The third-order valence-corrected chi connectivity index (χ3v) is 3.01. The summed E-state index contributed by atoms with van der Waals surface area (Å²) in [6.07, 6.45) is 1.31. The number of carbonyl (C=O) groups is 1. The van der Waals surface area contributed by atoms with Gasteiger partial charge in [0, 0.05) is 19.3 Å². The van der Waals surface area contributed by atoms with Crippen LogP contribution >= 0.6 is 15.9 Å². The van der Waals surface area contributed by atoms with Crippen LogP contribution in [0, 0.1) is 0 Å². The topological polar surface area (TPSA) is 75.2 Å². The Morgan fingerprint density at radius 1 is 1.53 bits per heavy atom. The first kappa shape index (κ1) is 13.7. The van der Waals surface area contributed by atoms with Gasteiger partial charge >= 0.3 is 5.69 Å². The van der Waals surface area contributed by atoms with Gasteiger partial charge in [-0.15, -0.1) is 0 Å². The number of aromatic nitrogens is 2. The Balaban J connectivity index is 2.97. The van der Waals surface area contributed by atoms with Crippen LogP contribution in [-0.2, 0) is 11.3 Å². The van der Waals surface area contributed by atoms with E-state index in [0.717, 1.165) is 4.57 Å². The number of rotatable bonds is 3. The Hall–Kier alpha value is -1.37. The van der Waals surface area contributed by atoms with Crippen molar-refractivity contribution in [3.63, 3.8) is 0 Å². The summed E-state index contributed by atoms with van der Waals surface area (Å²) < 4.78 is 1.38. The minimum absolute atomic E-state index is 0.0596. The van der Waals surface area contributed by atoms with Gasteiger partial charge in [-0.1, -0.05) is 0 Å². The van der Waals surface area contributed by atoms with Crippen molar-refractivity contribution in [2.75, 3.05) is 7.05 Å². The molecule has 0 aromatic carbocycles. The summed E-state index contributed by atoms with van der Waals surface area (Å²) in [5, 5.41) is 0. The highest BCUT2D eigenvalue weighted by molar-refractivity contribution is 9.10. The van der Waals surface area contributed by atoms with Gasteiger partial charge in [0.1, 0.15) is 6.54 Å². The van der Waals surface area contributed by atoms with Crippen molar-refractivity contribution in [2.24, 2.45) is 0 Å². The number of nitrogens with one attached hydrogen (secondary N) is 1. The van der Waals surface area contributed by atoms with Gasteiger partial charge in [-0.3, -0.25) is 19.1 Å². The third-order valence-electron chi connectivity index (χ3n) is 2.44. The van der Waals surface area contributed by atoms with Crippen LogP contribution in [0.4, 0.5) is 0 Å². The van der Waals surface area contributed by atoms with E-state index >= 15 is 0 Å². The van der Waals surface area contributed by atoms with Crippen LogP contribution in [0.1, 0.15) is 13.8 Å². The van der Waals surface area contributed by atoms with Crippen LogP contribution in [0.3, 0.4) is 0 Å². The second kappa shape index (κ2) is 5.31. The van der Waals surface area contributed by atoms with Crippen molar-refractivity contribution < 1.29 is 4.79 Å². The molecule has 0 unspecified atom stereocenters. The average molecular weight is 304 g/mol. The minimum Gasteiger partial charge on any atom is -0.342 e. The van der Waals surface area contributed by atoms with E-state index in [4.69, 9.17) is 0 Å². The van der Waals surface area contributed by atoms with E-state index in [1.54, 1.807) is 7.05 Å². The van der Waals surface area contributed by atoms with Gasteiger partial charge in [0.15, 0.2) is 0 Å². The molecule has 1 aromatic rings. The molecule has 0 radical (unpaired) electrons. The van der Waals surface area contributed by atoms with E-state index in [-0.39, 0.29) is 23.0 Å². The molecule has 6 nitrogen and oxygen atoms in total. The monoisotopic (exact) mass is 303 g/mol. The highest BCUT2D eigenvalue weighted by Crippen LogP contribution is 2.00. The Bertz CT molecular complexity index is 532. The Morgan fingerprint density at radius 3 is 2.65 bits per heavy atom. The fourth-order valence-electron chi connectivity index (χ4n) is 1.15. The summed E-state index contributed by atoms with van der Waals surface area (Å²) in [4.78, 5) is 38.0. The molecule has 0 saturated heterocycles. The second-order valence-electron chi connectivity index (χ2n) is 3.96. The quantitative estimate of drug-likeness (QED) is 0.865. The summed E-state index contributed by atoms with van der Waals surface area (Å²) >= 11 is 3.01. The largest absolute Gasteiger partial charge is 0.342 e. The predicted molar refractivity (Wildman–Crippen MR) is 66.9 cm³/mol. The SMILES string of the molecule is CC(C)N(C)C(=O)Cn1cc(Br)c(=O)[nH]c1=O. The summed E-state index contributed by atoms with van der Waals surface area (Å²) in [7, 11) is 1.67. The van der Waals surface area contributed by atoms with Crippen molar-refractivity contribution >= 4 is 21.8 Å². The van der Waals surface area contributed by atoms with Crippen molar-refractivity contribution in [3.8, 4) is 0 Å². The summed E-state index contributed by atoms with van der Waals surface area (Å²) in [6.45, 7) is 3.66. The summed E-state index contributed by atoms with van der Waals surface area (Å²) in [5.74, 6) is -0.193. The molecule has 0 saturated carbocycles. The van der Waals surface area contributed by atoms with E-state index in [9.17, 15) is 14.4 Å². The number of halogens is 1. The first-order valence-corrected chi connectivity index (χ1v) is 5.87. The molecule has 94 valence electrons. The molecule has 0 bridgehead atoms. The molecule has 7 heteroatoms. The van der Waals surface area contributed by atoms with Gasteiger partial charge in [-0.2, -0.15) is 0 Å².